The van der Waals surface area contributed by atoms with Crippen molar-refractivity contribution in [2.75, 3.05) is 13.1 Å². The summed E-state index contributed by atoms with van der Waals surface area (Å²) in [5.41, 5.74) is 0. The quantitative estimate of drug-likeness (QED) is 0.822. The van der Waals surface area contributed by atoms with E-state index in [2.05, 4.69) is 12.2 Å². The number of nitrogens with one attached hydrogen (secondary N) is 1. The van der Waals surface area contributed by atoms with Crippen molar-refractivity contribution < 1.29 is 14.7 Å². The molecule has 0 aromatic heterocycles. The maximum atomic E-state index is 12.2. The molecule has 1 aliphatic carbocycles. The number of carboxylic acids is 1. The van der Waals surface area contributed by atoms with E-state index in [9.17, 15) is 9.59 Å². The minimum absolute atomic E-state index is 0.162. The summed E-state index contributed by atoms with van der Waals surface area (Å²) < 4.78 is 0. The number of nitrogens with zero attached hydrogens (tertiary/aromatic N) is 1. The van der Waals surface area contributed by atoms with E-state index in [1.54, 1.807) is 0 Å². The van der Waals surface area contributed by atoms with Crippen LogP contribution >= 0.6 is 0 Å². The molecule has 20 heavy (non-hydrogen) atoms. The van der Waals surface area contributed by atoms with Gasteiger partial charge in [-0.15, -0.1) is 0 Å². The second kappa shape index (κ2) is 7.07. The van der Waals surface area contributed by atoms with Crippen molar-refractivity contribution in [3.05, 3.63) is 0 Å². The van der Waals surface area contributed by atoms with Crippen molar-refractivity contribution in [1.82, 2.24) is 10.2 Å². The number of likely N-dealkylation sites (tertiary alicyclic amines) is 1. The Morgan fingerprint density at radius 1 is 1.20 bits per heavy atom. The molecule has 0 aromatic rings. The molecule has 2 fully saturated rings. The average Bonchev–Trinajstić information content (AvgIpc) is 2.45. The summed E-state index contributed by atoms with van der Waals surface area (Å²) in [6.07, 6.45) is 6.73. The van der Waals surface area contributed by atoms with Crippen LogP contribution in [0.5, 0.6) is 0 Å². The van der Waals surface area contributed by atoms with Crippen molar-refractivity contribution in [3.8, 4) is 0 Å². The van der Waals surface area contributed by atoms with Crippen LogP contribution in [0.15, 0.2) is 0 Å². The first kappa shape index (κ1) is 15.3. The fourth-order valence-electron chi connectivity index (χ4n) is 3.40. The Balaban J connectivity index is 1.76. The first-order chi connectivity index (χ1) is 9.58. The van der Waals surface area contributed by atoms with Gasteiger partial charge in [0.2, 0.25) is 5.91 Å². The fraction of sp³-hybridized carbons (Fsp3) is 0.867. The first-order valence-corrected chi connectivity index (χ1v) is 7.83. The van der Waals surface area contributed by atoms with Gasteiger partial charge >= 0.3 is 5.97 Å². The van der Waals surface area contributed by atoms with Crippen molar-refractivity contribution in [2.24, 2.45) is 5.92 Å². The summed E-state index contributed by atoms with van der Waals surface area (Å²) in [4.78, 5) is 25.2. The smallest absolute Gasteiger partial charge is 0.306 e. The van der Waals surface area contributed by atoms with Gasteiger partial charge in [-0.2, -0.15) is 0 Å². The van der Waals surface area contributed by atoms with Gasteiger partial charge in [-0.1, -0.05) is 6.42 Å². The number of rotatable bonds is 4. The van der Waals surface area contributed by atoms with Crippen LogP contribution in [0.2, 0.25) is 0 Å². The van der Waals surface area contributed by atoms with E-state index in [1.807, 2.05) is 4.90 Å². The molecule has 5 heteroatoms. The lowest BCUT2D eigenvalue weighted by molar-refractivity contribution is -0.143. The number of hydrogen-bond acceptors (Lipinski definition) is 3. The largest absolute Gasteiger partial charge is 0.481 e. The summed E-state index contributed by atoms with van der Waals surface area (Å²) in [7, 11) is 0. The zero-order chi connectivity index (χ0) is 14.5. The van der Waals surface area contributed by atoms with Gasteiger partial charge in [0.05, 0.1) is 12.5 Å². The van der Waals surface area contributed by atoms with E-state index in [4.69, 9.17) is 5.11 Å². The van der Waals surface area contributed by atoms with Crippen LogP contribution in [0.1, 0.15) is 51.9 Å². The average molecular weight is 282 g/mol. The molecule has 1 saturated heterocycles. The monoisotopic (exact) mass is 282 g/mol. The molecule has 5 nitrogen and oxygen atoms in total. The summed E-state index contributed by atoms with van der Waals surface area (Å²) >= 11 is 0. The van der Waals surface area contributed by atoms with Crippen LogP contribution in [-0.2, 0) is 9.59 Å². The molecule has 1 aliphatic heterocycles. The highest BCUT2D eigenvalue weighted by atomic mass is 16.4. The minimum atomic E-state index is -0.701. The third-order valence-corrected chi connectivity index (χ3v) is 4.69. The molecule has 2 N–H and O–H groups in total. The molecule has 1 amide bonds. The molecule has 2 rings (SSSR count). The second-order valence-electron chi connectivity index (χ2n) is 6.21. The molecule has 2 aliphatic rings. The lowest BCUT2D eigenvalue weighted by Gasteiger charge is -2.34. The minimum Gasteiger partial charge on any atom is -0.481 e. The Bertz CT molecular complexity index is 359. The Kier molecular flexibility index (Phi) is 5.40. The zero-order valence-electron chi connectivity index (χ0n) is 12.3. The predicted molar refractivity (Wildman–Crippen MR) is 76.4 cm³/mol. The summed E-state index contributed by atoms with van der Waals surface area (Å²) in [6.45, 7) is 3.32. The van der Waals surface area contributed by atoms with Crippen molar-refractivity contribution in [3.63, 3.8) is 0 Å². The third kappa shape index (κ3) is 3.95. The Labute approximate surface area is 120 Å². The van der Waals surface area contributed by atoms with E-state index in [0.717, 1.165) is 38.6 Å². The summed E-state index contributed by atoms with van der Waals surface area (Å²) in [5, 5.41) is 12.3. The molecule has 0 radical (unpaired) electrons. The Hall–Kier alpha value is -1.10. The maximum absolute atomic E-state index is 12.2. The number of carbonyl (C=O) groups is 2. The van der Waals surface area contributed by atoms with Gasteiger partial charge in [0.1, 0.15) is 0 Å². The van der Waals surface area contributed by atoms with Crippen LogP contribution in [0.3, 0.4) is 0 Å². The second-order valence-corrected chi connectivity index (χ2v) is 6.21. The van der Waals surface area contributed by atoms with Gasteiger partial charge in [0, 0.05) is 18.6 Å². The highest BCUT2D eigenvalue weighted by Crippen LogP contribution is 2.24. The molecule has 0 spiro atoms. The van der Waals surface area contributed by atoms with Crippen LogP contribution in [0, 0.1) is 5.92 Å². The molecular weight excluding hydrogens is 256 g/mol. The van der Waals surface area contributed by atoms with Crippen molar-refractivity contribution in [1.29, 1.82) is 0 Å². The highest BCUT2D eigenvalue weighted by Gasteiger charge is 2.28. The van der Waals surface area contributed by atoms with E-state index < -0.39 is 5.97 Å². The van der Waals surface area contributed by atoms with Crippen LogP contribution in [0.4, 0.5) is 0 Å². The number of carbonyl (C=O) groups excluding carboxylic acids is 1. The molecule has 1 saturated carbocycles. The van der Waals surface area contributed by atoms with E-state index in [1.165, 1.54) is 6.42 Å². The lowest BCUT2D eigenvalue weighted by atomic mass is 9.86. The van der Waals surface area contributed by atoms with Crippen LogP contribution in [0.25, 0.3) is 0 Å². The standard InChI is InChI=1S/C15H26N2O3/c1-11-5-2-3-8-17(11)14(18)10-16-13-7-4-6-12(9-13)15(19)20/h11-13,16H,2-10H2,1H3,(H,19,20). The molecule has 3 atom stereocenters. The fourth-order valence-corrected chi connectivity index (χ4v) is 3.40. The van der Waals surface area contributed by atoms with Crippen LogP contribution < -0.4 is 5.32 Å². The van der Waals surface area contributed by atoms with Gasteiger partial charge in [0.25, 0.3) is 0 Å². The number of aliphatic carboxylic acids is 1. The molecule has 3 unspecified atom stereocenters. The highest BCUT2D eigenvalue weighted by molar-refractivity contribution is 5.78. The topological polar surface area (TPSA) is 69.6 Å². The number of amides is 1. The lowest BCUT2D eigenvalue weighted by Crippen LogP contribution is -2.48. The molecule has 0 bridgehead atoms. The number of carboxylic acid groups (broad SMARTS) is 1. The molecular formula is C15H26N2O3. The Morgan fingerprint density at radius 3 is 2.70 bits per heavy atom. The van der Waals surface area contributed by atoms with E-state index in [-0.39, 0.29) is 17.9 Å². The van der Waals surface area contributed by atoms with Crippen molar-refractivity contribution in [2.45, 2.75) is 64.0 Å². The van der Waals surface area contributed by atoms with Gasteiger partial charge in [-0.05, 0) is 45.4 Å². The van der Waals surface area contributed by atoms with Gasteiger partial charge < -0.3 is 15.3 Å². The summed E-state index contributed by atoms with van der Waals surface area (Å²) in [6, 6.07) is 0.519. The SMILES string of the molecule is CC1CCCCN1C(=O)CNC1CCCC(C(=O)O)C1. The summed E-state index contributed by atoms with van der Waals surface area (Å²) in [5.74, 6) is -0.785. The zero-order valence-corrected chi connectivity index (χ0v) is 12.3. The first-order valence-electron chi connectivity index (χ1n) is 7.83. The normalized spacial score (nSPS) is 31.1. The van der Waals surface area contributed by atoms with E-state index in [0.29, 0.717) is 19.0 Å². The van der Waals surface area contributed by atoms with Gasteiger partial charge in [0.15, 0.2) is 0 Å². The van der Waals surface area contributed by atoms with Crippen LogP contribution in [-0.4, -0.2) is 47.1 Å². The molecule has 114 valence electrons. The number of hydrogen-bond donors (Lipinski definition) is 2. The predicted octanol–water partition coefficient (Wildman–Crippen LogP) is 1.62. The maximum Gasteiger partial charge on any atom is 0.306 e. The number of piperidine rings is 1. The third-order valence-electron chi connectivity index (χ3n) is 4.69. The molecule has 1 heterocycles. The van der Waals surface area contributed by atoms with Gasteiger partial charge in [-0.25, -0.2) is 0 Å². The van der Waals surface area contributed by atoms with Crippen molar-refractivity contribution >= 4 is 11.9 Å². The van der Waals surface area contributed by atoms with Gasteiger partial charge in [-0.3, -0.25) is 9.59 Å². The van der Waals surface area contributed by atoms with E-state index >= 15 is 0 Å². The molecule has 0 aromatic carbocycles. The Morgan fingerprint density at radius 2 is 2.00 bits per heavy atom.